The van der Waals surface area contributed by atoms with E-state index in [4.69, 9.17) is 5.73 Å². The minimum atomic E-state index is -0.662. The van der Waals surface area contributed by atoms with Crippen LogP contribution >= 0.6 is 11.5 Å². The largest absolute Gasteiger partial charge is 0.378 e. The first kappa shape index (κ1) is 24.4. The Hall–Kier alpha value is -3.73. The molecule has 1 aromatic carbocycles. The third-order valence-corrected chi connectivity index (χ3v) is 6.88. The number of piperidine rings is 1. The second kappa shape index (κ2) is 10.3. The smallest absolute Gasteiger partial charge is 0.271 e. The van der Waals surface area contributed by atoms with E-state index in [9.17, 15) is 9.59 Å². The zero-order valence-electron chi connectivity index (χ0n) is 20.4. The van der Waals surface area contributed by atoms with Gasteiger partial charge >= 0.3 is 0 Å². The number of anilines is 4. The average Bonchev–Trinajstić information content (AvgIpc) is 3.27. The van der Waals surface area contributed by atoms with Gasteiger partial charge in [0.15, 0.2) is 11.5 Å². The zero-order chi connectivity index (χ0) is 25.1. The molecule has 35 heavy (non-hydrogen) atoms. The van der Waals surface area contributed by atoms with Crippen LogP contribution in [-0.2, 0) is 0 Å². The molecule has 10 nitrogen and oxygen atoms in total. The minimum Gasteiger partial charge on any atom is -0.378 e. The van der Waals surface area contributed by atoms with Gasteiger partial charge in [0.05, 0.1) is 11.9 Å². The number of likely N-dealkylation sites (tertiary alicyclic amines) is 1. The molecule has 0 saturated carbocycles. The van der Waals surface area contributed by atoms with E-state index in [-0.39, 0.29) is 23.5 Å². The van der Waals surface area contributed by atoms with Crippen LogP contribution in [0.5, 0.6) is 0 Å². The topological polar surface area (TPSA) is 121 Å². The molecule has 1 fully saturated rings. The Morgan fingerprint density at radius 2 is 1.94 bits per heavy atom. The van der Waals surface area contributed by atoms with Crippen molar-refractivity contribution < 1.29 is 9.59 Å². The first-order chi connectivity index (χ1) is 16.7. The summed E-state index contributed by atoms with van der Waals surface area (Å²) >= 11 is 1.27. The van der Waals surface area contributed by atoms with E-state index in [1.54, 1.807) is 6.20 Å². The SMILES string of the molecule is Cc1cc(Nc2nc(N(C)C3CCCN(C(=O)c4ccc(N(C)C)cc4)C3)cnc2C(N)=O)sn1. The van der Waals surface area contributed by atoms with Gasteiger partial charge in [-0.25, -0.2) is 9.97 Å². The van der Waals surface area contributed by atoms with Gasteiger partial charge in [0.2, 0.25) is 0 Å². The third kappa shape index (κ3) is 5.51. The van der Waals surface area contributed by atoms with E-state index in [1.807, 2.05) is 73.1 Å². The molecule has 0 bridgehead atoms. The first-order valence-electron chi connectivity index (χ1n) is 11.4. The quantitative estimate of drug-likeness (QED) is 0.514. The average molecular weight is 495 g/mol. The summed E-state index contributed by atoms with van der Waals surface area (Å²) in [4.78, 5) is 39.9. The van der Waals surface area contributed by atoms with Crippen molar-refractivity contribution in [2.24, 2.45) is 5.73 Å². The molecule has 0 radical (unpaired) electrons. The summed E-state index contributed by atoms with van der Waals surface area (Å²) in [6.45, 7) is 3.17. The molecule has 184 valence electrons. The number of carbonyl (C=O) groups is 2. The number of nitrogens with one attached hydrogen (secondary N) is 1. The summed E-state index contributed by atoms with van der Waals surface area (Å²) in [5, 5.41) is 3.87. The van der Waals surface area contributed by atoms with Crippen LogP contribution in [0.4, 0.5) is 22.3 Å². The molecule has 3 heterocycles. The van der Waals surface area contributed by atoms with Crippen LogP contribution in [0.2, 0.25) is 0 Å². The fourth-order valence-electron chi connectivity index (χ4n) is 4.08. The molecule has 0 aliphatic carbocycles. The molecule has 3 N–H and O–H groups in total. The molecule has 2 aromatic heterocycles. The van der Waals surface area contributed by atoms with Crippen LogP contribution in [0.1, 0.15) is 39.4 Å². The fraction of sp³-hybridized carbons (Fsp3) is 0.375. The number of rotatable bonds is 7. The van der Waals surface area contributed by atoms with Crippen molar-refractivity contribution in [1.82, 2.24) is 19.2 Å². The molecule has 1 aliphatic rings. The van der Waals surface area contributed by atoms with Crippen molar-refractivity contribution >= 4 is 45.7 Å². The van der Waals surface area contributed by atoms with Crippen molar-refractivity contribution in [2.75, 3.05) is 49.3 Å². The molecule has 3 aromatic rings. The lowest BCUT2D eigenvalue weighted by Crippen LogP contribution is -2.49. The monoisotopic (exact) mass is 494 g/mol. The van der Waals surface area contributed by atoms with Crippen LogP contribution in [0.15, 0.2) is 36.5 Å². The van der Waals surface area contributed by atoms with Gasteiger partial charge in [0.1, 0.15) is 10.8 Å². The first-order valence-corrected chi connectivity index (χ1v) is 12.2. The highest BCUT2D eigenvalue weighted by Gasteiger charge is 2.28. The molecule has 1 unspecified atom stereocenters. The molecule has 0 spiro atoms. The Kier molecular flexibility index (Phi) is 7.15. The number of hydrogen-bond acceptors (Lipinski definition) is 9. The van der Waals surface area contributed by atoms with Crippen molar-refractivity contribution in [3.05, 3.63) is 53.5 Å². The summed E-state index contributed by atoms with van der Waals surface area (Å²) in [6, 6.07) is 9.58. The minimum absolute atomic E-state index is 0.0199. The molecule has 4 rings (SSSR count). The van der Waals surface area contributed by atoms with E-state index in [2.05, 4.69) is 19.7 Å². The number of benzene rings is 1. The number of primary amides is 1. The Labute approximate surface area is 208 Å². The second-order valence-corrected chi connectivity index (χ2v) is 9.65. The maximum atomic E-state index is 13.2. The predicted octanol–water partition coefficient (Wildman–Crippen LogP) is 2.89. The van der Waals surface area contributed by atoms with Crippen molar-refractivity contribution in [3.63, 3.8) is 0 Å². The molecule has 1 aliphatic heterocycles. The number of hydrogen-bond donors (Lipinski definition) is 2. The van der Waals surface area contributed by atoms with Gasteiger partial charge in [0, 0.05) is 51.5 Å². The number of amides is 2. The van der Waals surface area contributed by atoms with Crippen LogP contribution in [0.3, 0.4) is 0 Å². The van der Waals surface area contributed by atoms with Crippen molar-refractivity contribution in [3.8, 4) is 0 Å². The molecule has 1 saturated heterocycles. The van der Waals surface area contributed by atoms with Gasteiger partial charge in [-0.1, -0.05) is 0 Å². The standard InChI is InChI=1S/C24H30N8O2S/c1-15-12-20(35-29-15)28-23-21(22(25)33)26-13-19(27-23)31(4)18-6-5-11-32(14-18)24(34)16-7-9-17(10-8-16)30(2)3/h7-10,12-13,18H,5-6,11,14H2,1-4H3,(H2,25,33)(H,27,28). The normalized spacial score (nSPS) is 15.5. The molecular formula is C24H30N8O2S. The highest BCUT2D eigenvalue weighted by molar-refractivity contribution is 7.10. The third-order valence-electron chi connectivity index (χ3n) is 6.09. The van der Waals surface area contributed by atoms with Gasteiger partial charge in [-0.3, -0.25) is 9.59 Å². The van der Waals surface area contributed by atoms with E-state index >= 15 is 0 Å². The zero-order valence-corrected chi connectivity index (χ0v) is 21.2. The summed E-state index contributed by atoms with van der Waals surface area (Å²) in [7, 11) is 5.87. The molecular weight excluding hydrogens is 464 g/mol. The highest BCUT2D eigenvalue weighted by Crippen LogP contribution is 2.26. The molecule has 11 heteroatoms. The lowest BCUT2D eigenvalue weighted by molar-refractivity contribution is 0.0707. The van der Waals surface area contributed by atoms with Gasteiger partial charge in [-0.2, -0.15) is 4.37 Å². The van der Waals surface area contributed by atoms with Crippen molar-refractivity contribution in [1.29, 1.82) is 0 Å². The maximum Gasteiger partial charge on any atom is 0.271 e. The van der Waals surface area contributed by atoms with Gasteiger partial charge in [0.25, 0.3) is 11.8 Å². The number of aryl methyl sites for hydroxylation is 1. The van der Waals surface area contributed by atoms with E-state index in [0.717, 1.165) is 29.2 Å². The summed E-state index contributed by atoms with van der Waals surface area (Å²) in [6.07, 6.45) is 3.34. The van der Waals surface area contributed by atoms with Crippen molar-refractivity contribution in [2.45, 2.75) is 25.8 Å². The van der Waals surface area contributed by atoms with E-state index < -0.39 is 5.91 Å². The van der Waals surface area contributed by atoms with Gasteiger partial charge < -0.3 is 25.8 Å². The second-order valence-electron chi connectivity index (χ2n) is 8.85. The van der Waals surface area contributed by atoms with Crippen LogP contribution in [0.25, 0.3) is 0 Å². The highest BCUT2D eigenvalue weighted by atomic mass is 32.1. The van der Waals surface area contributed by atoms with Gasteiger partial charge in [-0.15, -0.1) is 0 Å². The van der Waals surface area contributed by atoms with Crippen LogP contribution in [-0.4, -0.2) is 71.3 Å². The number of nitrogens with two attached hydrogens (primary N) is 1. The summed E-state index contributed by atoms with van der Waals surface area (Å²) < 4.78 is 4.25. The van der Waals surface area contributed by atoms with E-state index in [1.165, 1.54) is 11.5 Å². The molecule has 1 atom stereocenters. The number of likely N-dealkylation sites (N-methyl/N-ethyl adjacent to an activating group) is 1. The number of nitrogens with zero attached hydrogens (tertiary/aromatic N) is 6. The van der Waals surface area contributed by atoms with Crippen LogP contribution in [0, 0.1) is 6.92 Å². The summed E-state index contributed by atoms with van der Waals surface area (Å²) in [5.74, 6) is 0.236. The lowest BCUT2D eigenvalue weighted by atomic mass is 10.0. The number of carbonyl (C=O) groups excluding carboxylic acids is 2. The molecule has 2 amide bonds. The Bertz CT molecular complexity index is 1210. The van der Waals surface area contributed by atoms with Gasteiger partial charge in [-0.05, 0) is 61.6 Å². The Morgan fingerprint density at radius 3 is 2.57 bits per heavy atom. The lowest BCUT2D eigenvalue weighted by Gasteiger charge is -2.38. The summed E-state index contributed by atoms with van der Waals surface area (Å²) in [5.41, 5.74) is 8.18. The Balaban J connectivity index is 1.51. The fourth-order valence-corrected chi connectivity index (χ4v) is 4.74. The maximum absolute atomic E-state index is 13.2. The van der Waals surface area contributed by atoms with Crippen LogP contribution < -0.4 is 20.9 Å². The van der Waals surface area contributed by atoms with E-state index in [0.29, 0.717) is 24.5 Å². The Morgan fingerprint density at radius 1 is 1.20 bits per heavy atom. The predicted molar refractivity (Wildman–Crippen MR) is 139 cm³/mol. The number of aromatic nitrogens is 3.